The molecular formula is C6H11N3O2S2. The molecule has 0 rings (SSSR count). The molecule has 0 heterocycles. The monoisotopic (exact) mass is 221 g/mol. The molecule has 7 heteroatoms. The van der Waals surface area contributed by atoms with E-state index in [0.717, 1.165) is 0 Å². The van der Waals surface area contributed by atoms with E-state index in [0.29, 0.717) is 4.32 Å². The molecule has 0 bridgehead atoms. The number of carbonyl (C=O) groups is 2. The summed E-state index contributed by atoms with van der Waals surface area (Å²) in [5.41, 5.74) is 4.74. The van der Waals surface area contributed by atoms with Crippen LogP contribution in [0.2, 0.25) is 0 Å². The van der Waals surface area contributed by atoms with E-state index in [9.17, 15) is 9.59 Å². The number of urea groups is 1. The highest BCUT2D eigenvalue weighted by molar-refractivity contribution is 8.23. The van der Waals surface area contributed by atoms with Crippen molar-refractivity contribution >= 4 is 40.2 Å². The summed E-state index contributed by atoms with van der Waals surface area (Å²) in [7, 11) is 3.56. The number of nitrogens with one attached hydrogen (secondary N) is 1. The Bertz CT molecular complexity index is 230. The second-order valence-corrected chi connectivity index (χ2v) is 3.97. The quantitative estimate of drug-likeness (QED) is 0.629. The van der Waals surface area contributed by atoms with E-state index in [2.05, 4.69) is 0 Å². The summed E-state index contributed by atoms with van der Waals surface area (Å²) >= 11 is 6.07. The van der Waals surface area contributed by atoms with Crippen LogP contribution in [0.1, 0.15) is 0 Å². The maximum Gasteiger partial charge on any atom is 0.318 e. The van der Waals surface area contributed by atoms with Crippen molar-refractivity contribution in [2.75, 3.05) is 19.8 Å². The number of imide groups is 1. The van der Waals surface area contributed by atoms with Gasteiger partial charge in [-0.15, -0.1) is 0 Å². The molecule has 0 spiro atoms. The predicted octanol–water partition coefficient (Wildman–Crippen LogP) is -0.239. The van der Waals surface area contributed by atoms with Gasteiger partial charge in [-0.05, 0) is 0 Å². The number of rotatable bonds is 2. The number of hydrogen-bond acceptors (Lipinski definition) is 4. The lowest BCUT2D eigenvalue weighted by atomic mass is 10.7. The van der Waals surface area contributed by atoms with Crippen molar-refractivity contribution in [3.05, 3.63) is 0 Å². The van der Waals surface area contributed by atoms with Gasteiger partial charge in [-0.2, -0.15) is 0 Å². The highest BCUT2D eigenvalue weighted by Gasteiger charge is 2.07. The van der Waals surface area contributed by atoms with Crippen LogP contribution in [0.4, 0.5) is 4.79 Å². The molecule has 5 nitrogen and oxygen atoms in total. The zero-order valence-corrected chi connectivity index (χ0v) is 9.00. The summed E-state index contributed by atoms with van der Waals surface area (Å²) < 4.78 is 0.583. The van der Waals surface area contributed by atoms with Crippen molar-refractivity contribution in [1.29, 1.82) is 0 Å². The van der Waals surface area contributed by atoms with Gasteiger partial charge in [-0.25, -0.2) is 4.79 Å². The van der Waals surface area contributed by atoms with Gasteiger partial charge < -0.3 is 10.6 Å². The van der Waals surface area contributed by atoms with E-state index in [1.165, 1.54) is 11.8 Å². The fraction of sp³-hybridized carbons (Fsp3) is 0.500. The van der Waals surface area contributed by atoms with Crippen LogP contribution in [0.3, 0.4) is 0 Å². The minimum Gasteiger partial charge on any atom is -0.364 e. The fourth-order valence-corrected chi connectivity index (χ4v) is 1.19. The van der Waals surface area contributed by atoms with E-state index in [1.807, 2.05) is 5.32 Å². The van der Waals surface area contributed by atoms with E-state index in [1.54, 1.807) is 19.0 Å². The summed E-state index contributed by atoms with van der Waals surface area (Å²) in [4.78, 5) is 22.8. The molecule has 0 aliphatic rings. The third-order valence-electron chi connectivity index (χ3n) is 0.955. The van der Waals surface area contributed by atoms with Crippen LogP contribution in [0.5, 0.6) is 0 Å². The molecule has 0 aromatic rings. The number of thioether (sulfide) groups is 1. The Hall–Kier alpha value is -0.820. The number of nitrogens with zero attached hydrogens (tertiary/aromatic N) is 1. The number of nitrogens with two attached hydrogens (primary N) is 1. The summed E-state index contributed by atoms with van der Waals surface area (Å²) in [6.07, 6.45) is 0. The van der Waals surface area contributed by atoms with Crippen LogP contribution in [0.15, 0.2) is 0 Å². The Balaban J connectivity index is 3.70. The van der Waals surface area contributed by atoms with Gasteiger partial charge in [0.25, 0.3) is 0 Å². The maximum atomic E-state index is 10.9. The molecule has 0 saturated heterocycles. The standard InChI is InChI=1S/C6H11N3O2S2/c1-9(2)6(12)13-3-4(10)8-5(7)11/h3H2,1-2H3,(H3,7,8,10,11). The van der Waals surface area contributed by atoms with Crippen molar-refractivity contribution in [2.45, 2.75) is 0 Å². The first-order chi connectivity index (χ1) is 5.93. The molecule has 0 unspecified atom stereocenters. The topological polar surface area (TPSA) is 75.4 Å². The molecule has 13 heavy (non-hydrogen) atoms. The summed E-state index contributed by atoms with van der Waals surface area (Å²) in [6, 6.07) is -0.846. The van der Waals surface area contributed by atoms with E-state index < -0.39 is 11.9 Å². The van der Waals surface area contributed by atoms with Crippen LogP contribution in [-0.2, 0) is 4.79 Å². The van der Waals surface area contributed by atoms with E-state index >= 15 is 0 Å². The molecule has 0 aliphatic carbocycles. The average molecular weight is 221 g/mol. The molecular weight excluding hydrogens is 210 g/mol. The first kappa shape index (κ1) is 12.2. The van der Waals surface area contributed by atoms with Gasteiger partial charge in [0.1, 0.15) is 4.32 Å². The highest BCUT2D eigenvalue weighted by Crippen LogP contribution is 2.05. The second-order valence-electron chi connectivity index (χ2n) is 2.36. The molecule has 0 atom stereocenters. The van der Waals surface area contributed by atoms with Crippen LogP contribution in [0, 0.1) is 0 Å². The summed E-state index contributed by atoms with van der Waals surface area (Å²) in [6.45, 7) is 0. The zero-order valence-electron chi connectivity index (χ0n) is 7.36. The highest BCUT2D eigenvalue weighted by atomic mass is 32.2. The summed E-state index contributed by atoms with van der Waals surface area (Å²) in [5, 5.41) is 1.94. The van der Waals surface area contributed by atoms with E-state index in [4.69, 9.17) is 18.0 Å². The van der Waals surface area contributed by atoms with Crippen molar-refractivity contribution in [2.24, 2.45) is 5.73 Å². The Labute approximate surface area is 86.0 Å². The Kier molecular flexibility index (Phi) is 5.40. The summed E-state index contributed by atoms with van der Waals surface area (Å²) in [5.74, 6) is -0.346. The van der Waals surface area contributed by atoms with Gasteiger partial charge in [0.2, 0.25) is 5.91 Å². The average Bonchev–Trinajstić information content (AvgIpc) is 1.98. The molecule has 0 fully saturated rings. The van der Waals surface area contributed by atoms with Crippen LogP contribution in [0.25, 0.3) is 0 Å². The van der Waals surface area contributed by atoms with Crippen molar-refractivity contribution < 1.29 is 9.59 Å². The Morgan fingerprint density at radius 1 is 1.54 bits per heavy atom. The first-order valence-electron chi connectivity index (χ1n) is 3.37. The van der Waals surface area contributed by atoms with E-state index in [-0.39, 0.29) is 5.75 Å². The van der Waals surface area contributed by atoms with Gasteiger partial charge in [-0.1, -0.05) is 24.0 Å². The largest absolute Gasteiger partial charge is 0.364 e. The first-order valence-corrected chi connectivity index (χ1v) is 4.76. The number of amides is 3. The van der Waals surface area contributed by atoms with Gasteiger partial charge in [0, 0.05) is 14.1 Å². The lowest BCUT2D eigenvalue weighted by molar-refractivity contribution is -0.117. The Morgan fingerprint density at radius 3 is 2.46 bits per heavy atom. The minimum absolute atomic E-state index is 0.0972. The third kappa shape index (κ3) is 6.35. The molecule has 3 N–H and O–H groups in total. The third-order valence-corrected chi connectivity index (χ3v) is 2.69. The van der Waals surface area contributed by atoms with Gasteiger partial charge in [0.05, 0.1) is 5.75 Å². The molecule has 0 aliphatic heterocycles. The number of thiocarbonyl (C=S) groups is 1. The molecule has 0 aromatic heterocycles. The maximum absolute atomic E-state index is 10.9. The normalized spacial score (nSPS) is 9.08. The minimum atomic E-state index is -0.846. The molecule has 74 valence electrons. The number of primary amides is 1. The molecule has 0 radical (unpaired) electrons. The Morgan fingerprint density at radius 2 is 2.08 bits per heavy atom. The van der Waals surface area contributed by atoms with Crippen molar-refractivity contribution in [3.8, 4) is 0 Å². The van der Waals surface area contributed by atoms with Crippen molar-refractivity contribution in [3.63, 3.8) is 0 Å². The predicted molar refractivity (Wildman–Crippen MR) is 56.5 cm³/mol. The second kappa shape index (κ2) is 5.76. The van der Waals surface area contributed by atoms with Gasteiger partial charge in [-0.3, -0.25) is 10.1 Å². The molecule has 3 amide bonds. The number of carbonyl (C=O) groups excluding carboxylic acids is 2. The lowest BCUT2D eigenvalue weighted by Crippen LogP contribution is -2.36. The number of hydrogen-bond donors (Lipinski definition) is 2. The van der Waals surface area contributed by atoms with Gasteiger partial charge in [0.15, 0.2) is 0 Å². The molecule has 0 saturated carbocycles. The van der Waals surface area contributed by atoms with Crippen LogP contribution >= 0.6 is 24.0 Å². The lowest BCUT2D eigenvalue weighted by Gasteiger charge is -2.11. The van der Waals surface area contributed by atoms with Crippen LogP contribution in [-0.4, -0.2) is 41.0 Å². The van der Waals surface area contributed by atoms with Crippen LogP contribution < -0.4 is 11.1 Å². The fourth-order valence-electron chi connectivity index (χ4n) is 0.430. The SMILES string of the molecule is CN(C)C(=S)SCC(=O)NC(N)=O. The smallest absolute Gasteiger partial charge is 0.318 e. The molecule has 0 aromatic carbocycles. The van der Waals surface area contributed by atoms with Crippen molar-refractivity contribution in [1.82, 2.24) is 10.2 Å². The zero-order chi connectivity index (χ0) is 10.4. The van der Waals surface area contributed by atoms with Gasteiger partial charge >= 0.3 is 6.03 Å².